The first-order valence-corrected chi connectivity index (χ1v) is 7.84. The van der Waals surface area contributed by atoms with E-state index in [-0.39, 0.29) is 6.04 Å². The number of ether oxygens (including phenoxy) is 1. The van der Waals surface area contributed by atoms with E-state index in [4.69, 9.17) is 10.5 Å². The van der Waals surface area contributed by atoms with E-state index < -0.39 is 0 Å². The lowest BCUT2D eigenvalue weighted by Gasteiger charge is -2.25. The van der Waals surface area contributed by atoms with Crippen molar-refractivity contribution in [2.24, 2.45) is 11.7 Å². The maximum Gasteiger partial charge on any atom is 0.0468 e. The number of thioether (sulfide) groups is 1. The molecule has 1 aromatic rings. The molecule has 1 aliphatic heterocycles. The highest BCUT2D eigenvalue weighted by molar-refractivity contribution is 7.99. The van der Waals surface area contributed by atoms with Crippen molar-refractivity contribution in [2.75, 3.05) is 19.0 Å². The van der Waals surface area contributed by atoms with Crippen LogP contribution in [-0.2, 0) is 4.74 Å². The van der Waals surface area contributed by atoms with Crippen molar-refractivity contribution >= 4 is 11.8 Å². The number of hydrogen-bond donors (Lipinski definition) is 1. The topological polar surface area (TPSA) is 35.2 Å². The van der Waals surface area contributed by atoms with Crippen LogP contribution in [0.4, 0.5) is 0 Å². The van der Waals surface area contributed by atoms with Gasteiger partial charge in [0.25, 0.3) is 0 Å². The molecule has 1 atom stereocenters. The summed E-state index contributed by atoms with van der Waals surface area (Å²) in [5.74, 6) is 1.85. The summed E-state index contributed by atoms with van der Waals surface area (Å²) in [5, 5.41) is 0. The molecule has 0 bridgehead atoms. The van der Waals surface area contributed by atoms with Gasteiger partial charge in [-0.05, 0) is 48.6 Å². The summed E-state index contributed by atoms with van der Waals surface area (Å²) in [6.45, 7) is 3.99. The van der Waals surface area contributed by atoms with E-state index in [1.807, 2.05) is 11.8 Å². The van der Waals surface area contributed by atoms with Crippen LogP contribution >= 0.6 is 11.8 Å². The zero-order valence-electron chi connectivity index (χ0n) is 11.1. The van der Waals surface area contributed by atoms with E-state index in [2.05, 4.69) is 31.2 Å². The van der Waals surface area contributed by atoms with Gasteiger partial charge in [-0.3, -0.25) is 0 Å². The fourth-order valence-electron chi connectivity index (χ4n) is 2.46. The molecule has 0 spiro atoms. The van der Waals surface area contributed by atoms with E-state index in [0.717, 1.165) is 44.1 Å². The molecule has 1 saturated heterocycles. The van der Waals surface area contributed by atoms with Gasteiger partial charge in [0, 0.05) is 24.2 Å². The molecule has 3 heteroatoms. The number of rotatable bonds is 5. The maximum atomic E-state index is 6.30. The third kappa shape index (κ3) is 4.01. The van der Waals surface area contributed by atoms with Gasteiger partial charge in [-0.2, -0.15) is 0 Å². The standard InChI is InChI=1S/C15H23NOS/c1-2-18-14-5-3-13(4-6-14)15(16)11-12-7-9-17-10-8-12/h3-6,12,15H,2,7-11,16H2,1H3. The van der Waals surface area contributed by atoms with Gasteiger partial charge < -0.3 is 10.5 Å². The Kier molecular flexibility index (Phi) is 5.54. The number of benzene rings is 1. The minimum Gasteiger partial charge on any atom is -0.381 e. The monoisotopic (exact) mass is 265 g/mol. The SMILES string of the molecule is CCSc1ccc(C(N)CC2CCOCC2)cc1. The second-order valence-corrected chi connectivity index (χ2v) is 6.24. The van der Waals surface area contributed by atoms with Crippen molar-refractivity contribution in [2.45, 2.75) is 37.1 Å². The zero-order chi connectivity index (χ0) is 12.8. The molecule has 2 nitrogen and oxygen atoms in total. The Balaban J connectivity index is 1.89. The summed E-state index contributed by atoms with van der Waals surface area (Å²) in [6.07, 6.45) is 3.42. The third-order valence-corrected chi connectivity index (χ3v) is 4.44. The average Bonchev–Trinajstić information content (AvgIpc) is 2.41. The lowest BCUT2D eigenvalue weighted by molar-refractivity contribution is 0.0618. The summed E-state index contributed by atoms with van der Waals surface area (Å²) in [5.41, 5.74) is 7.57. The van der Waals surface area contributed by atoms with Crippen LogP contribution in [0, 0.1) is 5.92 Å². The van der Waals surface area contributed by atoms with Crippen molar-refractivity contribution in [3.8, 4) is 0 Å². The fourth-order valence-corrected chi connectivity index (χ4v) is 3.12. The van der Waals surface area contributed by atoms with Crippen molar-refractivity contribution in [3.05, 3.63) is 29.8 Å². The van der Waals surface area contributed by atoms with Crippen LogP contribution in [0.1, 0.15) is 37.8 Å². The normalized spacial score (nSPS) is 18.8. The Hall–Kier alpha value is -0.510. The Morgan fingerprint density at radius 3 is 2.56 bits per heavy atom. The molecule has 0 aliphatic carbocycles. The molecule has 1 fully saturated rings. The minimum atomic E-state index is 0.175. The molecular formula is C15H23NOS. The summed E-state index contributed by atoms with van der Waals surface area (Å²) >= 11 is 1.87. The predicted octanol–water partition coefficient (Wildman–Crippen LogP) is 3.62. The van der Waals surface area contributed by atoms with Crippen LogP contribution in [-0.4, -0.2) is 19.0 Å². The first-order valence-electron chi connectivity index (χ1n) is 6.85. The van der Waals surface area contributed by atoms with Crippen molar-refractivity contribution < 1.29 is 4.74 Å². The van der Waals surface area contributed by atoms with Gasteiger partial charge in [-0.25, -0.2) is 0 Å². The molecule has 18 heavy (non-hydrogen) atoms. The average molecular weight is 265 g/mol. The molecule has 2 N–H and O–H groups in total. The van der Waals surface area contributed by atoms with Crippen molar-refractivity contribution in [3.63, 3.8) is 0 Å². The third-order valence-electron chi connectivity index (χ3n) is 3.55. The van der Waals surface area contributed by atoms with Crippen LogP contribution < -0.4 is 5.73 Å². The van der Waals surface area contributed by atoms with E-state index >= 15 is 0 Å². The Morgan fingerprint density at radius 1 is 1.28 bits per heavy atom. The van der Waals surface area contributed by atoms with Crippen LogP contribution in [0.3, 0.4) is 0 Å². The molecular weight excluding hydrogens is 242 g/mol. The molecule has 100 valence electrons. The van der Waals surface area contributed by atoms with Crippen molar-refractivity contribution in [1.29, 1.82) is 0 Å². The maximum absolute atomic E-state index is 6.30. The van der Waals surface area contributed by atoms with Crippen LogP contribution in [0.2, 0.25) is 0 Å². The smallest absolute Gasteiger partial charge is 0.0468 e. The molecule has 0 radical (unpaired) electrons. The fraction of sp³-hybridized carbons (Fsp3) is 0.600. The quantitative estimate of drug-likeness (QED) is 0.826. The summed E-state index contributed by atoms with van der Waals surface area (Å²) in [6, 6.07) is 8.92. The van der Waals surface area contributed by atoms with Gasteiger partial charge in [0.05, 0.1) is 0 Å². The van der Waals surface area contributed by atoms with E-state index in [0.29, 0.717) is 0 Å². The lowest BCUT2D eigenvalue weighted by Crippen LogP contribution is -2.21. The van der Waals surface area contributed by atoms with Gasteiger partial charge in [0.15, 0.2) is 0 Å². The van der Waals surface area contributed by atoms with Crippen molar-refractivity contribution in [1.82, 2.24) is 0 Å². The van der Waals surface area contributed by atoms with Crippen LogP contribution in [0.15, 0.2) is 29.2 Å². The predicted molar refractivity (Wildman–Crippen MR) is 77.9 cm³/mol. The molecule has 1 unspecified atom stereocenters. The van der Waals surface area contributed by atoms with E-state index in [1.165, 1.54) is 10.5 Å². The largest absolute Gasteiger partial charge is 0.381 e. The van der Waals surface area contributed by atoms with Gasteiger partial charge in [0.2, 0.25) is 0 Å². The molecule has 0 amide bonds. The Morgan fingerprint density at radius 2 is 1.94 bits per heavy atom. The van der Waals surface area contributed by atoms with Crippen LogP contribution in [0.25, 0.3) is 0 Å². The highest BCUT2D eigenvalue weighted by atomic mass is 32.2. The first kappa shape index (κ1) is 13.9. The highest BCUT2D eigenvalue weighted by Crippen LogP contribution is 2.27. The summed E-state index contributed by atoms with van der Waals surface area (Å²) in [4.78, 5) is 1.33. The second-order valence-electron chi connectivity index (χ2n) is 4.90. The first-order chi connectivity index (χ1) is 8.79. The van der Waals surface area contributed by atoms with Gasteiger partial charge >= 0.3 is 0 Å². The van der Waals surface area contributed by atoms with Crippen LogP contribution in [0.5, 0.6) is 0 Å². The van der Waals surface area contributed by atoms with E-state index in [1.54, 1.807) is 0 Å². The Bertz CT molecular complexity index is 346. The van der Waals surface area contributed by atoms with Gasteiger partial charge in [-0.15, -0.1) is 11.8 Å². The number of hydrogen-bond acceptors (Lipinski definition) is 3. The molecule has 1 heterocycles. The van der Waals surface area contributed by atoms with Gasteiger partial charge in [-0.1, -0.05) is 19.1 Å². The second kappa shape index (κ2) is 7.17. The molecule has 0 saturated carbocycles. The zero-order valence-corrected chi connectivity index (χ0v) is 11.9. The molecule has 1 aromatic carbocycles. The highest BCUT2D eigenvalue weighted by Gasteiger charge is 2.17. The minimum absolute atomic E-state index is 0.175. The molecule has 1 aliphatic rings. The summed E-state index contributed by atoms with van der Waals surface area (Å²) < 4.78 is 5.39. The van der Waals surface area contributed by atoms with Gasteiger partial charge in [0.1, 0.15) is 0 Å². The Labute approximate surface area is 114 Å². The van der Waals surface area contributed by atoms with E-state index in [9.17, 15) is 0 Å². The number of nitrogens with two attached hydrogens (primary N) is 1. The lowest BCUT2D eigenvalue weighted by atomic mass is 9.90. The molecule has 0 aromatic heterocycles. The summed E-state index contributed by atoms with van der Waals surface area (Å²) in [7, 11) is 0. The molecule has 2 rings (SSSR count).